The van der Waals surface area contributed by atoms with Gasteiger partial charge in [-0.05, 0) is 24.5 Å². The Morgan fingerprint density at radius 2 is 1.52 bits per heavy atom. The molecule has 5 nitrogen and oxygen atoms in total. The van der Waals surface area contributed by atoms with Gasteiger partial charge in [-0.1, -0.05) is 64.0 Å². The van der Waals surface area contributed by atoms with Crippen LogP contribution in [0.4, 0.5) is 0 Å². The van der Waals surface area contributed by atoms with Crippen molar-refractivity contribution in [3.8, 4) is 0 Å². The van der Waals surface area contributed by atoms with Crippen LogP contribution in [0.25, 0.3) is 0 Å². The van der Waals surface area contributed by atoms with Gasteiger partial charge in [0, 0.05) is 6.61 Å². The van der Waals surface area contributed by atoms with Gasteiger partial charge in [0.1, 0.15) is 0 Å². The monoisotopic (exact) mass is 350 g/mol. The molecular formula is C20H30O5. The SMILES string of the molecule is CCCCCCCCCCOCCc1cccc(C(=O)O)c1C(=O)O. The topological polar surface area (TPSA) is 83.8 Å². The first-order valence-corrected chi connectivity index (χ1v) is 9.24. The Labute approximate surface area is 150 Å². The van der Waals surface area contributed by atoms with Crippen molar-refractivity contribution in [1.29, 1.82) is 0 Å². The minimum Gasteiger partial charge on any atom is -0.478 e. The van der Waals surface area contributed by atoms with E-state index in [1.807, 2.05) is 0 Å². The second-order valence-corrected chi connectivity index (χ2v) is 6.29. The van der Waals surface area contributed by atoms with Gasteiger partial charge in [-0.25, -0.2) is 9.59 Å². The lowest BCUT2D eigenvalue weighted by atomic mass is 9.99. The number of rotatable bonds is 14. The zero-order valence-electron chi connectivity index (χ0n) is 15.1. The molecule has 0 aliphatic rings. The van der Waals surface area contributed by atoms with E-state index in [4.69, 9.17) is 9.84 Å². The van der Waals surface area contributed by atoms with Crippen molar-refractivity contribution in [2.45, 2.75) is 64.7 Å². The van der Waals surface area contributed by atoms with Gasteiger partial charge in [-0.2, -0.15) is 0 Å². The number of aromatic carboxylic acids is 2. The summed E-state index contributed by atoms with van der Waals surface area (Å²) in [6.45, 7) is 3.28. The first-order chi connectivity index (χ1) is 12.1. The highest BCUT2D eigenvalue weighted by atomic mass is 16.5. The molecule has 1 rings (SSSR count). The van der Waals surface area contributed by atoms with Crippen LogP contribution in [-0.4, -0.2) is 35.4 Å². The summed E-state index contributed by atoms with van der Waals surface area (Å²) in [7, 11) is 0. The number of hydrogen-bond acceptors (Lipinski definition) is 3. The van der Waals surface area contributed by atoms with Crippen LogP contribution in [0.2, 0.25) is 0 Å². The van der Waals surface area contributed by atoms with Gasteiger partial charge in [0.15, 0.2) is 0 Å². The predicted octanol–water partition coefficient (Wildman–Crippen LogP) is 4.78. The highest BCUT2D eigenvalue weighted by Crippen LogP contribution is 2.16. The van der Waals surface area contributed by atoms with Gasteiger partial charge >= 0.3 is 11.9 Å². The molecule has 0 heterocycles. The molecule has 1 aromatic rings. The molecule has 0 fully saturated rings. The second-order valence-electron chi connectivity index (χ2n) is 6.29. The van der Waals surface area contributed by atoms with Crippen LogP contribution < -0.4 is 0 Å². The zero-order valence-corrected chi connectivity index (χ0v) is 15.1. The van der Waals surface area contributed by atoms with Gasteiger partial charge in [0.05, 0.1) is 17.7 Å². The van der Waals surface area contributed by atoms with E-state index >= 15 is 0 Å². The van der Waals surface area contributed by atoms with E-state index in [1.165, 1.54) is 44.6 Å². The van der Waals surface area contributed by atoms with Crippen LogP contribution in [0.15, 0.2) is 18.2 Å². The summed E-state index contributed by atoms with van der Waals surface area (Å²) < 4.78 is 5.58. The largest absolute Gasteiger partial charge is 0.478 e. The standard InChI is InChI=1S/C20H30O5/c1-2-3-4-5-6-7-8-9-14-25-15-13-16-11-10-12-17(19(21)22)18(16)20(23)24/h10-12H,2-9,13-15H2,1H3,(H,21,22)(H,23,24). The Morgan fingerprint density at radius 1 is 0.880 bits per heavy atom. The maximum Gasteiger partial charge on any atom is 0.336 e. The molecule has 0 spiro atoms. The molecule has 0 saturated carbocycles. The Hall–Kier alpha value is -1.88. The molecule has 140 valence electrons. The molecule has 25 heavy (non-hydrogen) atoms. The Kier molecular flexibility index (Phi) is 10.6. The molecule has 0 radical (unpaired) electrons. The molecule has 0 aliphatic heterocycles. The van der Waals surface area contributed by atoms with E-state index < -0.39 is 11.9 Å². The Morgan fingerprint density at radius 3 is 2.12 bits per heavy atom. The van der Waals surface area contributed by atoms with Gasteiger partial charge < -0.3 is 14.9 Å². The first kappa shape index (κ1) is 21.2. The molecule has 0 amide bonds. The van der Waals surface area contributed by atoms with Crippen molar-refractivity contribution in [1.82, 2.24) is 0 Å². The normalized spacial score (nSPS) is 10.8. The van der Waals surface area contributed by atoms with Crippen LogP contribution in [0.5, 0.6) is 0 Å². The summed E-state index contributed by atoms with van der Waals surface area (Å²) in [4.78, 5) is 22.5. The van der Waals surface area contributed by atoms with Crippen LogP contribution in [-0.2, 0) is 11.2 Å². The van der Waals surface area contributed by atoms with Crippen LogP contribution in [0, 0.1) is 0 Å². The molecule has 5 heteroatoms. The van der Waals surface area contributed by atoms with Crippen molar-refractivity contribution in [3.05, 3.63) is 34.9 Å². The third-order valence-corrected chi connectivity index (χ3v) is 4.25. The molecule has 2 N–H and O–H groups in total. The van der Waals surface area contributed by atoms with E-state index in [1.54, 1.807) is 12.1 Å². The molecule has 0 aliphatic carbocycles. The zero-order chi connectivity index (χ0) is 18.5. The number of ether oxygens (including phenoxy) is 1. The van der Waals surface area contributed by atoms with Crippen molar-refractivity contribution in [2.75, 3.05) is 13.2 Å². The lowest BCUT2D eigenvalue weighted by molar-refractivity contribution is 0.0649. The quantitative estimate of drug-likeness (QED) is 0.472. The smallest absolute Gasteiger partial charge is 0.336 e. The first-order valence-electron chi connectivity index (χ1n) is 9.24. The maximum absolute atomic E-state index is 11.3. The second kappa shape index (κ2) is 12.5. The minimum atomic E-state index is -1.22. The highest BCUT2D eigenvalue weighted by molar-refractivity contribution is 6.02. The number of carboxylic acid groups (broad SMARTS) is 2. The molecule has 0 aromatic heterocycles. The van der Waals surface area contributed by atoms with Gasteiger partial charge in [0.25, 0.3) is 0 Å². The maximum atomic E-state index is 11.3. The molecular weight excluding hydrogens is 320 g/mol. The van der Waals surface area contributed by atoms with Crippen molar-refractivity contribution in [3.63, 3.8) is 0 Å². The summed E-state index contributed by atoms with van der Waals surface area (Å²) in [5.74, 6) is -2.44. The fourth-order valence-corrected chi connectivity index (χ4v) is 2.86. The fraction of sp³-hybridized carbons (Fsp3) is 0.600. The minimum absolute atomic E-state index is 0.134. The van der Waals surface area contributed by atoms with Crippen molar-refractivity contribution in [2.24, 2.45) is 0 Å². The molecule has 0 saturated heterocycles. The molecule has 0 unspecified atom stereocenters. The number of benzene rings is 1. The molecule has 1 aromatic carbocycles. The third-order valence-electron chi connectivity index (χ3n) is 4.25. The van der Waals surface area contributed by atoms with Crippen molar-refractivity contribution < 1.29 is 24.5 Å². The summed E-state index contributed by atoms with van der Waals surface area (Å²) in [6, 6.07) is 4.54. The van der Waals surface area contributed by atoms with Crippen LogP contribution in [0.3, 0.4) is 0 Å². The molecule has 0 atom stereocenters. The van der Waals surface area contributed by atoms with E-state index in [0.29, 0.717) is 25.2 Å². The Bertz CT molecular complexity index is 539. The molecule has 0 bridgehead atoms. The fourth-order valence-electron chi connectivity index (χ4n) is 2.86. The average Bonchev–Trinajstić information content (AvgIpc) is 2.59. The highest BCUT2D eigenvalue weighted by Gasteiger charge is 2.19. The van der Waals surface area contributed by atoms with Gasteiger partial charge in [-0.15, -0.1) is 0 Å². The van der Waals surface area contributed by atoms with Gasteiger partial charge in [-0.3, -0.25) is 0 Å². The van der Waals surface area contributed by atoms with Crippen LogP contribution >= 0.6 is 0 Å². The summed E-state index contributed by atoms with van der Waals surface area (Å²) in [5.41, 5.74) is 0.196. The Balaban J connectivity index is 2.25. The summed E-state index contributed by atoms with van der Waals surface area (Å²) in [6.07, 6.45) is 10.3. The number of carboxylic acids is 2. The van der Waals surface area contributed by atoms with Gasteiger partial charge in [0.2, 0.25) is 0 Å². The number of carbonyl (C=O) groups is 2. The van der Waals surface area contributed by atoms with E-state index in [0.717, 1.165) is 12.8 Å². The average molecular weight is 350 g/mol. The van der Waals surface area contributed by atoms with E-state index in [-0.39, 0.29) is 11.1 Å². The van der Waals surface area contributed by atoms with E-state index in [9.17, 15) is 14.7 Å². The predicted molar refractivity (Wildman–Crippen MR) is 97.5 cm³/mol. The summed E-state index contributed by atoms with van der Waals surface area (Å²) in [5, 5.41) is 18.4. The van der Waals surface area contributed by atoms with Crippen LogP contribution in [0.1, 0.15) is 84.6 Å². The lowest BCUT2D eigenvalue weighted by Gasteiger charge is -2.09. The lowest BCUT2D eigenvalue weighted by Crippen LogP contribution is -2.13. The number of unbranched alkanes of at least 4 members (excludes halogenated alkanes) is 7. The van der Waals surface area contributed by atoms with E-state index in [2.05, 4.69) is 6.92 Å². The summed E-state index contributed by atoms with van der Waals surface area (Å²) >= 11 is 0. The third kappa shape index (κ3) is 8.16. The van der Waals surface area contributed by atoms with Crippen molar-refractivity contribution >= 4 is 11.9 Å². The number of hydrogen-bond donors (Lipinski definition) is 2.